The average Bonchev–Trinajstić information content (AvgIpc) is 2.61. The molecule has 0 saturated heterocycles. The van der Waals surface area contributed by atoms with Crippen molar-refractivity contribution in [3.63, 3.8) is 0 Å². The van der Waals surface area contributed by atoms with E-state index in [-0.39, 0.29) is 18.2 Å². The van der Waals surface area contributed by atoms with Crippen molar-refractivity contribution >= 4 is 23.2 Å². The normalized spacial score (nSPS) is 10.3. The Bertz CT molecular complexity index is 714. The Kier molecular flexibility index (Phi) is 7.16. The van der Waals surface area contributed by atoms with Gasteiger partial charge in [-0.1, -0.05) is 43.3 Å². The van der Waals surface area contributed by atoms with Gasteiger partial charge >= 0.3 is 0 Å². The first kappa shape index (κ1) is 18.7. The summed E-state index contributed by atoms with van der Waals surface area (Å²) >= 11 is 0. The summed E-state index contributed by atoms with van der Waals surface area (Å²) in [7, 11) is 0. The minimum Gasteiger partial charge on any atom is -0.330 e. The van der Waals surface area contributed by atoms with Gasteiger partial charge in [-0.2, -0.15) is 0 Å². The molecule has 0 heterocycles. The number of carbonyl (C=O) groups excluding carboxylic acids is 2. The van der Waals surface area contributed by atoms with E-state index in [0.29, 0.717) is 25.1 Å². The van der Waals surface area contributed by atoms with E-state index in [1.54, 1.807) is 6.07 Å². The van der Waals surface area contributed by atoms with Crippen molar-refractivity contribution in [2.75, 3.05) is 17.2 Å². The fourth-order valence-corrected chi connectivity index (χ4v) is 2.55. The first-order valence-electron chi connectivity index (χ1n) is 8.59. The molecule has 2 aromatic carbocycles. The second-order valence-electron chi connectivity index (χ2n) is 5.85. The molecule has 2 rings (SSSR count). The van der Waals surface area contributed by atoms with Crippen molar-refractivity contribution < 1.29 is 9.59 Å². The number of nitrogens with one attached hydrogen (secondary N) is 2. The van der Waals surface area contributed by atoms with Gasteiger partial charge in [-0.3, -0.25) is 9.59 Å². The molecule has 5 nitrogen and oxygen atoms in total. The summed E-state index contributed by atoms with van der Waals surface area (Å²) in [6.45, 7) is 2.33. The maximum atomic E-state index is 12.2. The molecule has 0 aromatic heterocycles. The van der Waals surface area contributed by atoms with Gasteiger partial charge < -0.3 is 16.4 Å². The second-order valence-corrected chi connectivity index (χ2v) is 5.85. The Morgan fingerprint density at radius 1 is 0.960 bits per heavy atom. The fourth-order valence-electron chi connectivity index (χ4n) is 2.55. The molecule has 0 aliphatic heterocycles. The molecule has 0 fully saturated rings. The summed E-state index contributed by atoms with van der Waals surface area (Å²) in [6.07, 6.45) is 2.17. The van der Waals surface area contributed by atoms with Crippen LogP contribution in [0.3, 0.4) is 0 Å². The van der Waals surface area contributed by atoms with Gasteiger partial charge in [0.2, 0.25) is 11.8 Å². The summed E-state index contributed by atoms with van der Waals surface area (Å²) in [5, 5.41) is 5.76. The maximum Gasteiger partial charge on any atom is 0.225 e. The van der Waals surface area contributed by atoms with Gasteiger partial charge in [0.25, 0.3) is 0 Å². The van der Waals surface area contributed by atoms with Crippen molar-refractivity contribution in [2.24, 2.45) is 5.73 Å². The van der Waals surface area contributed by atoms with Gasteiger partial charge in [0.05, 0.1) is 0 Å². The predicted molar refractivity (Wildman–Crippen MR) is 102 cm³/mol. The molecule has 0 bridgehead atoms. The van der Waals surface area contributed by atoms with Crippen molar-refractivity contribution in [1.29, 1.82) is 0 Å². The molecule has 0 aliphatic rings. The number of rotatable bonds is 8. The van der Waals surface area contributed by atoms with Crippen molar-refractivity contribution in [3.8, 4) is 0 Å². The molecule has 0 aliphatic carbocycles. The van der Waals surface area contributed by atoms with Crippen LogP contribution in [-0.4, -0.2) is 18.4 Å². The largest absolute Gasteiger partial charge is 0.330 e. The third-order valence-corrected chi connectivity index (χ3v) is 3.90. The quantitative estimate of drug-likeness (QED) is 0.691. The molecule has 2 amide bonds. The van der Waals surface area contributed by atoms with Crippen LogP contribution in [-0.2, 0) is 22.4 Å². The molecule has 0 spiro atoms. The van der Waals surface area contributed by atoms with Crippen LogP contribution in [0.5, 0.6) is 0 Å². The van der Waals surface area contributed by atoms with E-state index in [9.17, 15) is 9.59 Å². The minimum atomic E-state index is -0.121. The first-order chi connectivity index (χ1) is 12.1. The lowest BCUT2D eigenvalue weighted by molar-refractivity contribution is -0.116. The van der Waals surface area contributed by atoms with Gasteiger partial charge in [0.1, 0.15) is 0 Å². The summed E-state index contributed by atoms with van der Waals surface area (Å²) in [5.41, 5.74) is 8.97. The number of aryl methyl sites for hydroxylation is 2. The lowest BCUT2D eigenvalue weighted by Crippen LogP contribution is -2.17. The fraction of sp³-hybridized carbons (Fsp3) is 0.300. The molecule has 0 unspecified atom stereocenters. The molecule has 132 valence electrons. The van der Waals surface area contributed by atoms with Crippen LogP contribution in [0.1, 0.15) is 30.9 Å². The highest BCUT2D eigenvalue weighted by Crippen LogP contribution is 2.22. The third kappa shape index (κ3) is 6.04. The van der Waals surface area contributed by atoms with E-state index >= 15 is 0 Å². The SMILES string of the molecule is CCc1ccc(NC(=O)CCc2ccccc2)cc1NC(=O)CCN. The van der Waals surface area contributed by atoms with Gasteiger partial charge in [0, 0.05) is 30.8 Å². The van der Waals surface area contributed by atoms with Crippen LogP contribution in [0.15, 0.2) is 48.5 Å². The maximum absolute atomic E-state index is 12.2. The molecule has 0 radical (unpaired) electrons. The smallest absolute Gasteiger partial charge is 0.225 e. The second kappa shape index (κ2) is 9.59. The monoisotopic (exact) mass is 339 g/mol. The zero-order valence-electron chi connectivity index (χ0n) is 14.5. The lowest BCUT2D eigenvalue weighted by Gasteiger charge is -2.13. The molecule has 0 atom stereocenters. The summed E-state index contributed by atoms with van der Waals surface area (Å²) in [4.78, 5) is 24.0. The zero-order valence-corrected chi connectivity index (χ0v) is 14.5. The van der Waals surface area contributed by atoms with E-state index in [2.05, 4.69) is 10.6 Å². The predicted octanol–water partition coefficient (Wildman–Crippen LogP) is 3.11. The number of carbonyl (C=O) groups is 2. The Hall–Kier alpha value is -2.66. The van der Waals surface area contributed by atoms with E-state index in [0.717, 1.165) is 23.2 Å². The highest BCUT2D eigenvalue weighted by atomic mass is 16.2. The number of hydrogen-bond acceptors (Lipinski definition) is 3. The number of anilines is 2. The Morgan fingerprint density at radius 3 is 2.36 bits per heavy atom. The zero-order chi connectivity index (χ0) is 18.1. The Labute approximate surface area is 148 Å². The van der Waals surface area contributed by atoms with Crippen LogP contribution < -0.4 is 16.4 Å². The molecular formula is C20H25N3O2. The summed E-state index contributed by atoms with van der Waals surface area (Å²) in [6, 6.07) is 15.5. The standard InChI is InChI=1S/C20H25N3O2/c1-2-16-9-10-17(14-18(16)23-20(25)12-13-21)22-19(24)11-8-15-6-4-3-5-7-15/h3-7,9-10,14H,2,8,11-13,21H2,1H3,(H,22,24)(H,23,25). The summed E-state index contributed by atoms with van der Waals surface area (Å²) in [5.74, 6) is -0.169. The van der Waals surface area contributed by atoms with E-state index in [4.69, 9.17) is 5.73 Å². The molecule has 0 saturated carbocycles. The molecule has 2 aromatic rings. The third-order valence-electron chi connectivity index (χ3n) is 3.90. The molecular weight excluding hydrogens is 314 g/mol. The van der Waals surface area contributed by atoms with Crippen LogP contribution in [0.4, 0.5) is 11.4 Å². The summed E-state index contributed by atoms with van der Waals surface area (Å²) < 4.78 is 0. The number of hydrogen-bond donors (Lipinski definition) is 3. The molecule has 4 N–H and O–H groups in total. The first-order valence-corrected chi connectivity index (χ1v) is 8.59. The van der Waals surface area contributed by atoms with Gasteiger partial charge in [-0.15, -0.1) is 0 Å². The number of amides is 2. The molecule has 5 heteroatoms. The van der Waals surface area contributed by atoms with Crippen molar-refractivity contribution in [1.82, 2.24) is 0 Å². The highest BCUT2D eigenvalue weighted by Gasteiger charge is 2.09. The van der Waals surface area contributed by atoms with E-state index in [1.807, 2.05) is 49.4 Å². The van der Waals surface area contributed by atoms with Crippen LogP contribution >= 0.6 is 0 Å². The van der Waals surface area contributed by atoms with E-state index in [1.165, 1.54) is 0 Å². The van der Waals surface area contributed by atoms with Gasteiger partial charge in [-0.25, -0.2) is 0 Å². The Balaban J connectivity index is 1.98. The van der Waals surface area contributed by atoms with Gasteiger partial charge in [0.15, 0.2) is 0 Å². The number of benzene rings is 2. The van der Waals surface area contributed by atoms with Gasteiger partial charge in [-0.05, 0) is 36.1 Å². The van der Waals surface area contributed by atoms with Crippen LogP contribution in [0, 0.1) is 0 Å². The highest BCUT2D eigenvalue weighted by molar-refractivity contribution is 5.94. The Morgan fingerprint density at radius 2 is 1.68 bits per heavy atom. The van der Waals surface area contributed by atoms with Crippen molar-refractivity contribution in [3.05, 3.63) is 59.7 Å². The number of nitrogens with two attached hydrogens (primary N) is 1. The van der Waals surface area contributed by atoms with Crippen LogP contribution in [0.25, 0.3) is 0 Å². The average molecular weight is 339 g/mol. The van der Waals surface area contributed by atoms with E-state index < -0.39 is 0 Å². The topological polar surface area (TPSA) is 84.2 Å². The molecule has 25 heavy (non-hydrogen) atoms. The lowest BCUT2D eigenvalue weighted by atomic mass is 10.1. The minimum absolute atomic E-state index is 0.0488. The van der Waals surface area contributed by atoms with Crippen molar-refractivity contribution in [2.45, 2.75) is 32.6 Å². The van der Waals surface area contributed by atoms with Crippen LogP contribution in [0.2, 0.25) is 0 Å².